The van der Waals surface area contributed by atoms with Crippen LogP contribution < -0.4 is 0 Å². The van der Waals surface area contributed by atoms with Gasteiger partial charge in [-0.3, -0.25) is 0 Å². The average Bonchev–Trinajstić information content (AvgIpc) is 3.23. The second-order valence-electron chi connectivity index (χ2n) is 4.67. The van der Waals surface area contributed by atoms with E-state index in [-0.39, 0.29) is 6.10 Å². The van der Waals surface area contributed by atoms with E-state index in [0.717, 1.165) is 11.1 Å². The topological polar surface area (TPSA) is 12.5 Å². The minimum atomic E-state index is 0.284. The van der Waals surface area contributed by atoms with Gasteiger partial charge in [0.25, 0.3) is 0 Å². The Kier molecular flexibility index (Phi) is 2.23. The van der Waals surface area contributed by atoms with Crippen LogP contribution in [0.4, 0.5) is 0 Å². The van der Waals surface area contributed by atoms with Gasteiger partial charge < -0.3 is 4.74 Å². The van der Waals surface area contributed by atoms with Crippen molar-refractivity contribution in [2.75, 3.05) is 6.61 Å². The summed E-state index contributed by atoms with van der Waals surface area (Å²) in [6.07, 6.45) is 0.284. The molecule has 1 aliphatic heterocycles. The molecule has 0 spiro atoms. The van der Waals surface area contributed by atoms with Gasteiger partial charge in [-0.15, -0.1) is 0 Å². The maximum absolute atomic E-state index is 5.48. The van der Waals surface area contributed by atoms with Crippen molar-refractivity contribution in [3.05, 3.63) is 58.6 Å². The summed E-state index contributed by atoms with van der Waals surface area (Å²) in [6, 6.07) is 17.2. The van der Waals surface area contributed by atoms with E-state index in [0.29, 0.717) is 0 Å². The molecule has 1 nitrogen and oxygen atoms in total. The molecule has 1 aliphatic rings. The van der Waals surface area contributed by atoms with E-state index in [1.54, 1.807) is 0 Å². The highest BCUT2D eigenvalue weighted by Gasteiger charge is 2.27. The van der Waals surface area contributed by atoms with Gasteiger partial charge in [-0.05, 0) is 33.2 Å². The molecule has 0 saturated carbocycles. The first-order chi connectivity index (χ1) is 8.84. The lowest BCUT2D eigenvalue weighted by molar-refractivity contribution is 0.417. The Labute approximate surface area is 113 Å². The Morgan fingerprint density at radius 3 is 2.61 bits per heavy atom. The highest BCUT2D eigenvalue weighted by atomic mass is 79.9. The number of benzene rings is 3. The largest absolute Gasteiger partial charge is 0.368 e. The van der Waals surface area contributed by atoms with Crippen molar-refractivity contribution in [1.29, 1.82) is 0 Å². The highest BCUT2D eigenvalue weighted by molar-refractivity contribution is 9.10. The maximum atomic E-state index is 5.48. The zero-order valence-electron chi connectivity index (χ0n) is 9.69. The summed E-state index contributed by atoms with van der Waals surface area (Å²) < 4.78 is 6.63. The van der Waals surface area contributed by atoms with Crippen molar-refractivity contribution in [2.24, 2.45) is 0 Å². The van der Waals surface area contributed by atoms with Gasteiger partial charge in [-0.1, -0.05) is 58.4 Å². The van der Waals surface area contributed by atoms with Crippen LogP contribution in [0.1, 0.15) is 11.7 Å². The van der Waals surface area contributed by atoms with Crippen LogP contribution in [0.5, 0.6) is 0 Å². The standard InChI is InChI=1S/C16H11BrO/c17-14-8-10-4-1-2-5-11(10)16-12(14)6-3-7-13(16)15-9-18-15/h1-8,15H,9H2/t15-/m0/s1. The van der Waals surface area contributed by atoms with Crippen LogP contribution in [0.25, 0.3) is 21.5 Å². The third-order valence-electron chi connectivity index (χ3n) is 3.55. The summed E-state index contributed by atoms with van der Waals surface area (Å²) in [7, 11) is 0. The van der Waals surface area contributed by atoms with Gasteiger partial charge in [0.05, 0.1) is 6.61 Å². The van der Waals surface area contributed by atoms with Crippen molar-refractivity contribution < 1.29 is 4.74 Å². The van der Waals surface area contributed by atoms with Crippen molar-refractivity contribution in [1.82, 2.24) is 0 Å². The monoisotopic (exact) mass is 298 g/mol. The third-order valence-corrected chi connectivity index (χ3v) is 4.20. The molecule has 88 valence electrons. The predicted octanol–water partition coefficient (Wildman–Crippen LogP) is 4.83. The third kappa shape index (κ3) is 1.49. The smallest absolute Gasteiger partial charge is 0.107 e. The molecule has 0 unspecified atom stereocenters. The molecule has 2 heteroatoms. The first kappa shape index (κ1) is 10.5. The molecule has 3 aromatic rings. The van der Waals surface area contributed by atoms with E-state index in [4.69, 9.17) is 4.74 Å². The molecule has 4 rings (SSSR count). The summed E-state index contributed by atoms with van der Waals surface area (Å²) in [5.74, 6) is 0. The van der Waals surface area contributed by atoms with E-state index in [1.165, 1.54) is 27.1 Å². The van der Waals surface area contributed by atoms with Crippen LogP contribution in [-0.2, 0) is 4.74 Å². The number of rotatable bonds is 1. The summed E-state index contributed by atoms with van der Waals surface area (Å²) in [6.45, 7) is 0.847. The second kappa shape index (κ2) is 3.81. The maximum Gasteiger partial charge on any atom is 0.107 e. The van der Waals surface area contributed by atoms with Crippen LogP contribution in [0, 0.1) is 0 Å². The Morgan fingerprint density at radius 2 is 1.78 bits per heavy atom. The van der Waals surface area contributed by atoms with Gasteiger partial charge >= 0.3 is 0 Å². The van der Waals surface area contributed by atoms with Crippen molar-refractivity contribution in [2.45, 2.75) is 6.10 Å². The Morgan fingerprint density at radius 1 is 1.00 bits per heavy atom. The molecular weight excluding hydrogens is 288 g/mol. The molecule has 3 aromatic carbocycles. The Balaban J connectivity index is 2.25. The zero-order valence-corrected chi connectivity index (χ0v) is 11.3. The van der Waals surface area contributed by atoms with Gasteiger partial charge in [0.2, 0.25) is 0 Å². The molecule has 0 aromatic heterocycles. The predicted molar refractivity (Wildman–Crippen MR) is 77.8 cm³/mol. The number of hydrogen-bond acceptors (Lipinski definition) is 1. The number of fused-ring (bicyclic) bond motifs is 3. The van der Waals surface area contributed by atoms with Crippen LogP contribution in [0.15, 0.2) is 53.0 Å². The molecule has 0 aliphatic carbocycles. The van der Waals surface area contributed by atoms with Gasteiger partial charge in [0, 0.05) is 4.47 Å². The van der Waals surface area contributed by atoms with E-state index < -0.39 is 0 Å². The van der Waals surface area contributed by atoms with Gasteiger partial charge in [-0.2, -0.15) is 0 Å². The summed E-state index contributed by atoms with van der Waals surface area (Å²) >= 11 is 3.68. The van der Waals surface area contributed by atoms with E-state index in [1.807, 2.05) is 0 Å². The second-order valence-corrected chi connectivity index (χ2v) is 5.53. The summed E-state index contributed by atoms with van der Waals surface area (Å²) in [5.41, 5.74) is 1.31. The first-order valence-corrected chi connectivity index (χ1v) is 6.85. The lowest BCUT2D eigenvalue weighted by Gasteiger charge is -2.10. The lowest BCUT2D eigenvalue weighted by atomic mass is 9.96. The SMILES string of the molecule is Brc1cc2ccccc2c2c([C@@H]3CO3)cccc12. The van der Waals surface area contributed by atoms with E-state index >= 15 is 0 Å². The number of hydrogen-bond donors (Lipinski definition) is 0. The molecule has 0 N–H and O–H groups in total. The van der Waals surface area contributed by atoms with Crippen LogP contribution in [-0.4, -0.2) is 6.61 Å². The number of halogens is 1. The van der Waals surface area contributed by atoms with E-state index in [9.17, 15) is 0 Å². The van der Waals surface area contributed by atoms with Crippen molar-refractivity contribution in [3.63, 3.8) is 0 Å². The molecule has 1 fully saturated rings. The summed E-state index contributed by atoms with van der Waals surface area (Å²) in [5, 5.41) is 5.17. The van der Waals surface area contributed by atoms with Crippen LogP contribution in [0.2, 0.25) is 0 Å². The number of ether oxygens (including phenoxy) is 1. The fourth-order valence-electron chi connectivity index (χ4n) is 2.63. The van der Waals surface area contributed by atoms with Crippen LogP contribution >= 0.6 is 15.9 Å². The molecule has 1 heterocycles. The minimum Gasteiger partial charge on any atom is -0.368 e. The fraction of sp³-hybridized carbons (Fsp3) is 0.125. The quantitative estimate of drug-likeness (QED) is 0.463. The fourth-order valence-corrected chi connectivity index (χ4v) is 3.21. The molecule has 0 amide bonds. The minimum absolute atomic E-state index is 0.284. The molecule has 1 saturated heterocycles. The van der Waals surface area contributed by atoms with Crippen LogP contribution in [0.3, 0.4) is 0 Å². The van der Waals surface area contributed by atoms with Gasteiger partial charge in [0.15, 0.2) is 0 Å². The molecular formula is C16H11BrO. The zero-order chi connectivity index (χ0) is 12.1. The van der Waals surface area contributed by atoms with Crippen molar-refractivity contribution >= 4 is 37.5 Å². The Bertz CT molecular complexity index is 759. The van der Waals surface area contributed by atoms with Crippen molar-refractivity contribution in [3.8, 4) is 0 Å². The van der Waals surface area contributed by atoms with Gasteiger partial charge in [-0.25, -0.2) is 0 Å². The number of epoxide rings is 1. The molecule has 0 bridgehead atoms. The summed E-state index contributed by atoms with van der Waals surface area (Å²) in [4.78, 5) is 0. The molecule has 0 radical (unpaired) electrons. The van der Waals surface area contributed by atoms with E-state index in [2.05, 4.69) is 64.5 Å². The average molecular weight is 299 g/mol. The van der Waals surface area contributed by atoms with Gasteiger partial charge in [0.1, 0.15) is 6.10 Å². The first-order valence-electron chi connectivity index (χ1n) is 6.06. The normalized spacial score (nSPS) is 18.4. The Hall–Kier alpha value is -1.38. The highest BCUT2D eigenvalue weighted by Crippen LogP contribution is 2.40. The molecule has 1 atom stereocenters. The molecule has 18 heavy (non-hydrogen) atoms. The lowest BCUT2D eigenvalue weighted by Crippen LogP contribution is -1.87.